The van der Waals surface area contributed by atoms with Crippen molar-refractivity contribution in [2.75, 3.05) is 43.2 Å². The highest BCUT2D eigenvalue weighted by Gasteiger charge is 2.12. The first kappa shape index (κ1) is 19.9. The average molecular weight is 401 g/mol. The summed E-state index contributed by atoms with van der Waals surface area (Å²) in [5, 5.41) is 8.21. The zero-order chi connectivity index (χ0) is 19.9. The number of para-hydroxylation sites is 1. The van der Waals surface area contributed by atoms with Gasteiger partial charge >= 0.3 is 0 Å². The van der Waals surface area contributed by atoms with Crippen LogP contribution in [-0.4, -0.2) is 62.7 Å². The SMILES string of the molecule is CCNc1nc(N(C)C)nc(-n2cnc(SCCOc3ccccc3C)n2)n1. The fourth-order valence-electron chi connectivity index (χ4n) is 2.31. The van der Waals surface area contributed by atoms with Gasteiger partial charge in [0, 0.05) is 26.4 Å². The summed E-state index contributed by atoms with van der Waals surface area (Å²) in [7, 11) is 3.76. The summed E-state index contributed by atoms with van der Waals surface area (Å²) in [5.74, 6) is 3.12. The van der Waals surface area contributed by atoms with Gasteiger partial charge in [0.25, 0.3) is 5.95 Å². The third kappa shape index (κ3) is 5.10. The van der Waals surface area contributed by atoms with Gasteiger partial charge in [0.2, 0.25) is 17.1 Å². The Morgan fingerprint density at radius 3 is 2.75 bits per heavy atom. The number of ether oxygens (including phenoxy) is 1. The van der Waals surface area contributed by atoms with E-state index in [9.17, 15) is 0 Å². The summed E-state index contributed by atoms with van der Waals surface area (Å²) in [4.78, 5) is 19.3. The Morgan fingerprint density at radius 2 is 2.00 bits per heavy atom. The monoisotopic (exact) mass is 400 g/mol. The highest BCUT2D eigenvalue weighted by atomic mass is 32.2. The molecule has 3 aromatic rings. The first-order valence-corrected chi connectivity index (χ1v) is 9.96. The molecule has 148 valence electrons. The molecule has 0 saturated heterocycles. The lowest BCUT2D eigenvalue weighted by Gasteiger charge is -2.12. The van der Waals surface area contributed by atoms with E-state index >= 15 is 0 Å². The molecule has 0 saturated carbocycles. The zero-order valence-corrected chi connectivity index (χ0v) is 17.3. The van der Waals surface area contributed by atoms with Crippen LogP contribution in [0.5, 0.6) is 5.75 Å². The molecule has 0 radical (unpaired) electrons. The molecular formula is C18H24N8OS. The van der Waals surface area contributed by atoms with E-state index in [1.54, 1.807) is 11.0 Å². The Balaban J connectivity index is 1.63. The van der Waals surface area contributed by atoms with Gasteiger partial charge in [0.1, 0.15) is 12.1 Å². The maximum Gasteiger partial charge on any atom is 0.258 e. The van der Waals surface area contributed by atoms with E-state index in [4.69, 9.17) is 4.74 Å². The summed E-state index contributed by atoms with van der Waals surface area (Å²) >= 11 is 1.52. The minimum atomic E-state index is 0.421. The van der Waals surface area contributed by atoms with Crippen LogP contribution in [0.4, 0.5) is 11.9 Å². The fourth-order valence-corrected chi connectivity index (χ4v) is 2.92. The first-order valence-electron chi connectivity index (χ1n) is 8.97. The van der Waals surface area contributed by atoms with Crippen molar-refractivity contribution in [3.8, 4) is 11.7 Å². The normalized spacial score (nSPS) is 10.7. The lowest BCUT2D eigenvalue weighted by atomic mass is 10.2. The smallest absolute Gasteiger partial charge is 0.258 e. The molecule has 0 unspecified atom stereocenters. The van der Waals surface area contributed by atoms with Crippen LogP contribution in [0.3, 0.4) is 0 Å². The molecule has 0 aliphatic rings. The van der Waals surface area contributed by atoms with E-state index in [1.165, 1.54) is 11.8 Å². The summed E-state index contributed by atoms with van der Waals surface area (Å²) < 4.78 is 7.36. The van der Waals surface area contributed by atoms with Crippen molar-refractivity contribution < 1.29 is 4.74 Å². The quantitative estimate of drug-likeness (QED) is 0.429. The summed E-state index contributed by atoms with van der Waals surface area (Å²) in [6.45, 7) is 5.31. The van der Waals surface area contributed by atoms with Gasteiger partial charge in [-0.2, -0.15) is 19.6 Å². The number of nitrogens with zero attached hydrogens (tertiary/aromatic N) is 7. The maximum absolute atomic E-state index is 5.80. The van der Waals surface area contributed by atoms with Crippen molar-refractivity contribution in [1.82, 2.24) is 29.7 Å². The third-order valence-electron chi connectivity index (χ3n) is 3.69. The van der Waals surface area contributed by atoms with E-state index in [0.717, 1.165) is 23.6 Å². The van der Waals surface area contributed by atoms with Gasteiger partial charge in [0.05, 0.1) is 6.61 Å². The summed E-state index contributed by atoms with van der Waals surface area (Å²) in [6, 6.07) is 7.97. The van der Waals surface area contributed by atoms with E-state index < -0.39 is 0 Å². The van der Waals surface area contributed by atoms with Crippen molar-refractivity contribution >= 4 is 23.7 Å². The van der Waals surface area contributed by atoms with Crippen LogP contribution >= 0.6 is 11.8 Å². The topological polar surface area (TPSA) is 93.9 Å². The molecule has 2 aromatic heterocycles. The molecule has 0 fully saturated rings. The molecule has 9 nitrogen and oxygen atoms in total. The van der Waals surface area contributed by atoms with Gasteiger partial charge in [-0.05, 0) is 25.5 Å². The standard InChI is InChI=1S/C18H24N8OS/c1-5-19-15-21-16(25(3)4)23-17(22-15)26-12-20-18(24-26)28-11-10-27-14-9-7-6-8-13(14)2/h6-9,12H,5,10-11H2,1-4H3,(H,19,21,22,23). The van der Waals surface area contributed by atoms with Crippen molar-refractivity contribution in [1.29, 1.82) is 0 Å². The molecule has 10 heteroatoms. The molecule has 0 bridgehead atoms. The van der Waals surface area contributed by atoms with Crippen LogP contribution in [0.2, 0.25) is 0 Å². The predicted octanol–water partition coefficient (Wildman–Crippen LogP) is 2.43. The molecule has 1 N–H and O–H groups in total. The molecule has 0 aliphatic carbocycles. The lowest BCUT2D eigenvalue weighted by Crippen LogP contribution is -2.17. The Morgan fingerprint density at radius 1 is 1.18 bits per heavy atom. The van der Waals surface area contributed by atoms with Crippen LogP contribution in [0.25, 0.3) is 5.95 Å². The molecule has 28 heavy (non-hydrogen) atoms. The number of rotatable bonds is 9. The van der Waals surface area contributed by atoms with Crippen LogP contribution in [0.15, 0.2) is 35.7 Å². The largest absolute Gasteiger partial charge is 0.492 e. The predicted molar refractivity (Wildman–Crippen MR) is 111 cm³/mol. The Hall–Kier alpha value is -2.88. The van der Waals surface area contributed by atoms with Crippen LogP contribution < -0.4 is 15.0 Å². The molecule has 1 aromatic carbocycles. The van der Waals surface area contributed by atoms with Gasteiger partial charge in [-0.25, -0.2) is 4.98 Å². The van der Waals surface area contributed by atoms with Gasteiger partial charge in [0.15, 0.2) is 0 Å². The molecule has 2 heterocycles. The second kappa shape index (κ2) is 9.36. The maximum atomic E-state index is 5.80. The number of hydrogen-bond acceptors (Lipinski definition) is 9. The number of nitrogens with one attached hydrogen (secondary N) is 1. The van der Waals surface area contributed by atoms with Crippen LogP contribution in [0, 0.1) is 6.92 Å². The average Bonchev–Trinajstić information content (AvgIpc) is 3.15. The third-order valence-corrected chi connectivity index (χ3v) is 4.50. The summed E-state index contributed by atoms with van der Waals surface area (Å²) in [6.07, 6.45) is 1.61. The fraction of sp³-hybridized carbons (Fsp3) is 0.389. The first-order chi connectivity index (χ1) is 13.6. The Bertz CT molecular complexity index is 914. The highest BCUT2D eigenvalue weighted by Crippen LogP contribution is 2.18. The minimum Gasteiger partial charge on any atom is -0.492 e. The van der Waals surface area contributed by atoms with Crippen molar-refractivity contribution in [3.63, 3.8) is 0 Å². The molecule has 3 rings (SSSR count). The number of aryl methyl sites for hydroxylation is 1. The molecule has 0 amide bonds. The molecule has 0 atom stereocenters. The number of hydrogen-bond donors (Lipinski definition) is 1. The van der Waals surface area contributed by atoms with E-state index in [2.05, 4.69) is 30.4 Å². The van der Waals surface area contributed by atoms with Crippen molar-refractivity contribution in [2.45, 2.75) is 19.0 Å². The highest BCUT2D eigenvalue weighted by molar-refractivity contribution is 7.99. The van der Waals surface area contributed by atoms with Gasteiger partial charge in [-0.3, -0.25) is 0 Å². The molecular weight excluding hydrogens is 376 g/mol. The van der Waals surface area contributed by atoms with E-state index in [0.29, 0.717) is 29.6 Å². The summed E-state index contributed by atoms with van der Waals surface area (Å²) in [5.41, 5.74) is 1.12. The number of thioether (sulfide) groups is 1. The molecule has 0 aliphatic heterocycles. The van der Waals surface area contributed by atoms with Gasteiger partial charge < -0.3 is 15.0 Å². The lowest BCUT2D eigenvalue weighted by molar-refractivity contribution is 0.341. The van der Waals surface area contributed by atoms with Crippen LogP contribution in [0.1, 0.15) is 12.5 Å². The Labute approximate surface area is 168 Å². The van der Waals surface area contributed by atoms with E-state index in [1.807, 2.05) is 57.1 Å². The second-order valence-electron chi connectivity index (χ2n) is 6.12. The van der Waals surface area contributed by atoms with Crippen molar-refractivity contribution in [2.24, 2.45) is 0 Å². The van der Waals surface area contributed by atoms with E-state index in [-0.39, 0.29) is 0 Å². The minimum absolute atomic E-state index is 0.421. The Kier molecular flexibility index (Phi) is 6.64. The number of aromatic nitrogens is 6. The van der Waals surface area contributed by atoms with Gasteiger partial charge in [-0.15, -0.1) is 5.10 Å². The van der Waals surface area contributed by atoms with Crippen molar-refractivity contribution in [3.05, 3.63) is 36.2 Å². The van der Waals surface area contributed by atoms with Crippen LogP contribution in [-0.2, 0) is 0 Å². The number of anilines is 2. The number of benzene rings is 1. The van der Waals surface area contributed by atoms with Gasteiger partial charge in [-0.1, -0.05) is 30.0 Å². The zero-order valence-electron chi connectivity index (χ0n) is 16.5. The molecule has 0 spiro atoms. The second-order valence-corrected chi connectivity index (χ2v) is 7.18.